The smallest absolute Gasteiger partial charge is 0.323 e. The first-order valence-electron chi connectivity index (χ1n) is 7.20. The van der Waals surface area contributed by atoms with E-state index < -0.39 is 5.97 Å². The zero-order valence-electron chi connectivity index (χ0n) is 12.8. The number of halogens is 1. The Morgan fingerprint density at radius 3 is 2.70 bits per heavy atom. The number of aromatic nitrogens is 1. The Labute approximate surface area is 137 Å². The number of hydrogen-bond acceptors (Lipinski definition) is 2. The van der Waals surface area contributed by atoms with Crippen molar-refractivity contribution in [2.45, 2.75) is 30.2 Å². The van der Waals surface area contributed by atoms with Crippen LogP contribution in [0.4, 0.5) is 4.39 Å². The molecule has 0 amide bonds. The molecule has 0 spiro atoms. The van der Waals surface area contributed by atoms with Crippen molar-refractivity contribution < 1.29 is 14.3 Å². The molecule has 3 rings (SSSR count). The van der Waals surface area contributed by atoms with E-state index in [1.54, 1.807) is 10.6 Å². The molecular formula is C18H16FNO2S. The van der Waals surface area contributed by atoms with Gasteiger partial charge in [-0.3, -0.25) is 4.79 Å². The van der Waals surface area contributed by atoms with Crippen LogP contribution in [0.15, 0.2) is 52.3 Å². The molecule has 0 fully saturated rings. The van der Waals surface area contributed by atoms with E-state index in [4.69, 9.17) is 5.11 Å². The molecule has 1 N–H and O–H groups in total. The van der Waals surface area contributed by atoms with Crippen LogP contribution in [0.3, 0.4) is 0 Å². The van der Waals surface area contributed by atoms with Crippen molar-refractivity contribution in [1.29, 1.82) is 0 Å². The van der Waals surface area contributed by atoms with Crippen LogP contribution in [-0.4, -0.2) is 15.6 Å². The lowest BCUT2D eigenvalue weighted by molar-refractivity contribution is -0.137. The largest absolute Gasteiger partial charge is 0.480 e. The van der Waals surface area contributed by atoms with Gasteiger partial charge >= 0.3 is 5.97 Å². The second-order valence-corrected chi connectivity index (χ2v) is 6.56. The Balaban J connectivity index is 2.16. The lowest BCUT2D eigenvalue weighted by Crippen LogP contribution is -2.09. The third-order valence-electron chi connectivity index (χ3n) is 3.73. The van der Waals surface area contributed by atoms with Crippen LogP contribution in [0.1, 0.15) is 11.3 Å². The summed E-state index contributed by atoms with van der Waals surface area (Å²) in [6.45, 7) is 3.81. The van der Waals surface area contributed by atoms with Crippen molar-refractivity contribution >= 4 is 28.6 Å². The van der Waals surface area contributed by atoms with Gasteiger partial charge in [0.1, 0.15) is 12.4 Å². The highest BCUT2D eigenvalue weighted by molar-refractivity contribution is 7.99. The van der Waals surface area contributed by atoms with Gasteiger partial charge in [-0.1, -0.05) is 29.5 Å². The van der Waals surface area contributed by atoms with E-state index in [-0.39, 0.29) is 12.4 Å². The second kappa shape index (κ2) is 6.08. The molecule has 23 heavy (non-hydrogen) atoms. The van der Waals surface area contributed by atoms with Gasteiger partial charge in [0.05, 0.1) is 0 Å². The van der Waals surface area contributed by atoms with Crippen LogP contribution in [0.5, 0.6) is 0 Å². The molecule has 118 valence electrons. The highest BCUT2D eigenvalue weighted by atomic mass is 32.2. The Bertz CT molecular complexity index is 901. The van der Waals surface area contributed by atoms with Crippen molar-refractivity contribution in [3.63, 3.8) is 0 Å². The van der Waals surface area contributed by atoms with Gasteiger partial charge in [0, 0.05) is 26.4 Å². The normalized spacial score (nSPS) is 11.1. The third-order valence-corrected chi connectivity index (χ3v) is 4.94. The number of benzene rings is 2. The molecule has 0 aliphatic heterocycles. The molecule has 2 aromatic carbocycles. The van der Waals surface area contributed by atoms with E-state index in [1.807, 2.05) is 38.1 Å². The topological polar surface area (TPSA) is 42.2 Å². The van der Waals surface area contributed by atoms with E-state index in [1.165, 1.54) is 23.9 Å². The number of aryl methyl sites for hydroxylation is 1. The molecule has 5 heteroatoms. The number of rotatable bonds is 4. The van der Waals surface area contributed by atoms with Crippen molar-refractivity contribution in [1.82, 2.24) is 4.57 Å². The number of aliphatic carboxylic acids is 1. The molecular weight excluding hydrogens is 313 g/mol. The van der Waals surface area contributed by atoms with Crippen molar-refractivity contribution in [2.75, 3.05) is 0 Å². The Hall–Kier alpha value is -2.27. The second-order valence-electron chi connectivity index (χ2n) is 5.47. The lowest BCUT2D eigenvalue weighted by atomic mass is 10.2. The van der Waals surface area contributed by atoms with Gasteiger partial charge in [0.2, 0.25) is 0 Å². The maximum atomic E-state index is 13.4. The fraction of sp³-hybridized carbons (Fsp3) is 0.167. The Morgan fingerprint density at radius 2 is 2.00 bits per heavy atom. The summed E-state index contributed by atoms with van der Waals surface area (Å²) in [7, 11) is 0. The van der Waals surface area contributed by atoms with Gasteiger partial charge in [-0.2, -0.15) is 0 Å². The number of fused-ring (bicyclic) bond motifs is 1. The zero-order valence-corrected chi connectivity index (χ0v) is 13.7. The fourth-order valence-electron chi connectivity index (χ4n) is 2.68. The van der Waals surface area contributed by atoms with Crippen LogP contribution in [-0.2, 0) is 11.3 Å². The summed E-state index contributed by atoms with van der Waals surface area (Å²) in [6, 6.07) is 12.4. The first kappa shape index (κ1) is 15.6. The SMILES string of the molecule is Cc1ccc2c(c1)c(Sc1cccc(F)c1)c(C)n2CC(=O)O. The summed E-state index contributed by atoms with van der Waals surface area (Å²) in [5.74, 6) is -1.16. The molecule has 1 aromatic heterocycles. The van der Waals surface area contributed by atoms with E-state index in [0.717, 1.165) is 32.0 Å². The summed E-state index contributed by atoms with van der Waals surface area (Å²) in [5, 5.41) is 10.2. The number of hydrogen-bond donors (Lipinski definition) is 1. The van der Waals surface area contributed by atoms with Crippen LogP contribution >= 0.6 is 11.8 Å². The summed E-state index contributed by atoms with van der Waals surface area (Å²) in [5.41, 5.74) is 2.86. The quantitative estimate of drug-likeness (QED) is 0.758. The predicted molar refractivity (Wildman–Crippen MR) is 89.6 cm³/mol. The van der Waals surface area contributed by atoms with Gasteiger partial charge in [0.15, 0.2) is 0 Å². The van der Waals surface area contributed by atoms with Crippen LogP contribution < -0.4 is 0 Å². The minimum Gasteiger partial charge on any atom is -0.480 e. The average molecular weight is 329 g/mol. The first-order valence-corrected chi connectivity index (χ1v) is 8.02. The number of carboxylic acid groups (broad SMARTS) is 1. The fourth-order valence-corrected chi connectivity index (χ4v) is 3.77. The average Bonchev–Trinajstić information content (AvgIpc) is 2.72. The molecule has 0 saturated carbocycles. The molecule has 0 aliphatic rings. The van der Waals surface area contributed by atoms with Gasteiger partial charge in [-0.15, -0.1) is 0 Å². The molecule has 0 atom stereocenters. The van der Waals surface area contributed by atoms with E-state index in [9.17, 15) is 9.18 Å². The summed E-state index contributed by atoms with van der Waals surface area (Å²) in [4.78, 5) is 12.9. The molecule has 1 heterocycles. The minimum absolute atomic E-state index is 0.0882. The summed E-state index contributed by atoms with van der Waals surface area (Å²) < 4.78 is 15.2. The van der Waals surface area contributed by atoms with Gasteiger partial charge in [0.25, 0.3) is 0 Å². The molecule has 3 nitrogen and oxygen atoms in total. The third kappa shape index (κ3) is 3.10. The summed E-state index contributed by atoms with van der Waals surface area (Å²) >= 11 is 1.46. The molecule has 0 bridgehead atoms. The van der Waals surface area contributed by atoms with Crippen LogP contribution in [0.2, 0.25) is 0 Å². The molecule has 0 aliphatic carbocycles. The van der Waals surface area contributed by atoms with Crippen molar-refractivity contribution in [3.05, 3.63) is 59.5 Å². The van der Waals surface area contributed by atoms with Gasteiger partial charge in [-0.25, -0.2) is 4.39 Å². The Kier molecular flexibility index (Phi) is 4.13. The van der Waals surface area contributed by atoms with Crippen LogP contribution in [0.25, 0.3) is 10.9 Å². The molecule has 0 radical (unpaired) electrons. The number of nitrogens with zero attached hydrogens (tertiary/aromatic N) is 1. The number of carbonyl (C=O) groups is 1. The highest BCUT2D eigenvalue weighted by Gasteiger charge is 2.17. The number of carboxylic acids is 1. The zero-order chi connectivity index (χ0) is 16.6. The van der Waals surface area contributed by atoms with Gasteiger partial charge < -0.3 is 9.67 Å². The monoisotopic (exact) mass is 329 g/mol. The maximum Gasteiger partial charge on any atom is 0.323 e. The van der Waals surface area contributed by atoms with Crippen LogP contribution in [0, 0.1) is 19.7 Å². The van der Waals surface area contributed by atoms with E-state index >= 15 is 0 Å². The maximum absolute atomic E-state index is 13.4. The molecule has 0 saturated heterocycles. The van der Waals surface area contributed by atoms with E-state index in [2.05, 4.69) is 0 Å². The van der Waals surface area contributed by atoms with Crippen molar-refractivity contribution in [2.24, 2.45) is 0 Å². The van der Waals surface area contributed by atoms with Crippen molar-refractivity contribution in [3.8, 4) is 0 Å². The van der Waals surface area contributed by atoms with Gasteiger partial charge in [-0.05, 0) is 44.2 Å². The van der Waals surface area contributed by atoms with E-state index in [0.29, 0.717) is 0 Å². The first-order chi connectivity index (χ1) is 11.0. The lowest BCUT2D eigenvalue weighted by Gasteiger charge is -2.05. The molecule has 3 aromatic rings. The molecule has 0 unspecified atom stereocenters. The highest BCUT2D eigenvalue weighted by Crippen LogP contribution is 2.38. The predicted octanol–water partition coefficient (Wildman–Crippen LogP) is 4.63. The summed E-state index contributed by atoms with van der Waals surface area (Å²) in [6.07, 6.45) is 0. The minimum atomic E-state index is -0.882. The standard InChI is InChI=1S/C18H16FNO2S/c1-11-6-7-16-15(8-11)18(12(2)20(16)10-17(21)22)23-14-5-3-4-13(19)9-14/h3-9H,10H2,1-2H3,(H,21,22). The Morgan fingerprint density at radius 1 is 1.22 bits per heavy atom.